The molecule has 1 fully saturated rings. The van der Waals surface area contributed by atoms with Crippen LogP contribution in [0, 0.1) is 0 Å². The number of nitrogens with two attached hydrogens (primary N) is 2. The minimum absolute atomic E-state index is 0.288. The predicted octanol–water partition coefficient (Wildman–Crippen LogP) is 0.438. The first-order valence-electron chi connectivity index (χ1n) is 6.78. The average Bonchev–Trinajstić information content (AvgIpc) is 2.67. The van der Waals surface area contributed by atoms with E-state index in [1.807, 2.05) is 0 Å². The highest BCUT2D eigenvalue weighted by atomic mass is 16.1. The summed E-state index contributed by atoms with van der Waals surface area (Å²) in [4.78, 5) is 22.6. The van der Waals surface area contributed by atoms with Crippen molar-refractivity contribution < 1.29 is 9.59 Å². The zero-order valence-electron chi connectivity index (χ0n) is 11.3. The Hall–Kier alpha value is -2.08. The van der Waals surface area contributed by atoms with Gasteiger partial charge in [0.05, 0.1) is 0 Å². The average molecular weight is 276 g/mol. The second kappa shape index (κ2) is 6.38. The summed E-state index contributed by atoms with van der Waals surface area (Å²) in [6, 6.07) is 5.05. The van der Waals surface area contributed by atoms with E-state index in [0.717, 1.165) is 32.4 Å². The van der Waals surface area contributed by atoms with Crippen LogP contribution in [0.1, 0.15) is 40.0 Å². The van der Waals surface area contributed by atoms with Gasteiger partial charge in [0.15, 0.2) is 0 Å². The Morgan fingerprint density at radius 3 is 2.30 bits per heavy atom. The molecule has 2 rings (SSSR count). The summed E-state index contributed by atoms with van der Waals surface area (Å²) in [5.74, 6) is -1.14. The highest BCUT2D eigenvalue weighted by molar-refractivity contribution is 5.99. The van der Waals surface area contributed by atoms with Crippen molar-refractivity contribution in [2.75, 3.05) is 18.4 Å². The van der Waals surface area contributed by atoms with Crippen LogP contribution >= 0.6 is 0 Å². The Balaban J connectivity index is 2.21. The highest BCUT2D eigenvalue weighted by Crippen LogP contribution is 2.18. The van der Waals surface area contributed by atoms with Gasteiger partial charge in [0, 0.05) is 22.9 Å². The van der Waals surface area contributed by atoms with Gasteiger partial charge < -0.3 is 22.1 Å². The van der Waals surface area contributed by atoms with Crippen LogP contribution in [0.4, 0.5) is 5.69 Å². The van der Waals surface area contributed by atoms with Gasteiger partial charge in [0.1, 0.15) is 0 Å². The number of benzene rings is 1. The third kappa shape index (κ3) is 3.71. The fraction of sp³-hybridized carbons (Fsp3) is 0.429. The molecular formula is C14H20N4O2. The van der Waals surface area contributed by atoms with Crippen LogP contribution in [0.3, 0.4) is 0 Å². The number of carbonyl (C=O) groups excluding carboxylic acids is 2. The molecule has 6 nitrogen and oxygen atoms in total. The van der Waals surface area contributed by atoms with E-state index in [9.17, 15) is 9.59 Å². The van der Waals surface area contributed by atoms with Crippen molar-refractivity contribution in [2.45, 2.75) is 25.3 Å². The Morgan fingerprint density at radius 1 is 1.05 bits per heavy atom. The number of hydrogen-bond donors (Lipinski definition) is 4. The molecule has 1 aliphatic heterocycles. The van der Waals surface area contributed by atoms with Crippen LogP contribution in [-0.4, -0.2) is 30.9 Å². The smallest absolute Gasteiger partial charge is 0.248 e. The predicted molar refractivity (Wildman–Crippen MR) is 77.6 cm³/mol. The zero-order valence-corrected chi connectivity index (χ0v) is 11.3. The number of carbonyl (C=O) groups is 2. The molecule has 1 unspecified atom stereocenters. The second-order valence-corrected chi connectivity index (χ2v) is 5.05. The summed E-state index contributed by atoms with van der Waals surface area (Å²) in [7, 11) is 0. The number of primary amides is 2. The van der Waals surface area contributed by atoms with E-state index in [1.54, 1.807) is 12.1 Å². The molecule has 0 spiro atoms. The SMILES string of the molecule is NC(=O)c1cc(NC2CCCNCC2)cc(C(N)=O)c1. The third-order valence-electron chi connectivity index (χ3n) is 3.45. The van der Waals surface area contributed by atoms with Gasteiger partial charge in [0.2, 0.25) is 11.8 Å². The van der Waals surface area contributed by atoms with Gasteiger partial charge in [-0.2, -0.15) is 0 Å². The van der Waals surface area contributed by atoms with Gasteiger partial charge in [-0.3, -0.25) is 9.59 Å². The van der Waals surface area contributed by atoms with E-state index >= 15 is 0 Å². The Labute approximate surface area is 117 Å². The largest absolute Gasteiger partial charge is 0.382 e. The van der Waals surface area contributed by atoms with Gasteiger partial charge in [-0.15, -0.1) is 0 Å². The summed E-state index contributed by atoms with van der Waals surface area (Å²) in [6.07, 6.45) is 3.13. The fourth-order valence-corrected chi connectivity index (χ4v) is 2.39. The molecule has 6 heteroatoms. The Kier molecular flexibility index (Phi) is 4.57. The molecule has 2 amide bonds. The minimum Gasteiger partial charge on any atom is -0.382 e. The summed E-state index contributed by atoms with van der Waals surface area (Å²) >= 11 is 0. The zero-order chi connectivity index (χ0) is 14.5. The van der Waals surface area contributed by atoms with E-state index in [0.29, 0.717) is 11.7 Å². The Bertz CT molecular complexity index is 476. The topological polar surface area (TPSA) is 110 Å². The fourth-order valence-electron chi connectivity index (χ4n) is 2.39. The van der Waals surface area contributed by atoms with Crippen molar-refractivity contribution in [3.05, 3.63) is 29.3 Å². The first-order chi connectivity index (χ1) is 9.56. The van der Waals surface area contributed by atoms with E-state index in [-0.39, 0.29) is 11.1 Å². The van der Waals surface area contributed by atoms with Gasteiger partial charge in [-0.05, 0) is 50.6 Å². The quantitative estimate of drug-likeness (QED) is 0.639. The molecule has 1 aromatic carbocycles. The lowest BCUT2D eigenvalue weighted by molar-refractivity contribution is 0.0999. The van der Waals surface area contributed by atoms with E-state index in [4.69, 9.17) is 11.5 Å². The highest BCUT2D eigenvalue weighted by Gasteiger charge is 2.14. The van der Waals surface area contributed by atoms with Crippen molar-refractivity contribution in [3.63, 3.8) is 0 Å². The maximum absolute atomic E-state index is 11.3. The van der Waals surface area contributed by atoms with E-state index < -0.39 is 11.8 Å². The van der Waals surface area contributed by atoms with Gasteiger partial charge in [0.25, 0.3) is 0 Å². The van der Waals surface area contributed by atoms with Gasteiger partial charge in [-0.25, -0.2) is 0 Å². The van der Waals surface area contributed by atoms with Crippen molar-refractivity contribution >= 4 is 17.5 Å². The normalized spacial score (nSPS) is 19.1. The van der Waals surface area contributed by atoms with Crippen LogP contribution in [0.25, 0.3) is 0 Å². The molecule has 108 valence electrons. The molecule has 1 saturated heterocycles. The second-order valence-electron chi connectivity index (χ2n) is 5.05. The van der Waals surface area contributed by atoms with Crippen LogP contribution in [0.5, 0.6) is 0 Å². The first kappa shape index (κ1) is 14.3. The summed E-state index contributed by atoms with van der Waals surface area (Å²) < 4.78 is 0. The monoisotopic (exact) mass is 276 g/mol. The van der Waals surface area contributed by atoms with Crippen molar-refractivity contribution in [1.82, 2.24) is 5.32 Å². The lowest BCUT2D eigenvalue weighted by Gasteiger charge is -2.18. The van der Waals surface area contributed by atoms with Crippen molar-refractivity contribution in [1.29, 1.82) is 0 Å². The summed E-state index contributed by atoms with van der Waals surface area (Å²) in [5.41, 5.74) is 11.8. The van der Waals surface area contributed by atoms with Crippen LogP contribution in [-0.2, 0) is 0 Å². The molecular weight excluding hydrogens is 256 g/mol. The first-order valence-corrected chi connectivity index (χ1v) is 6.78. The molecule has 1 aromatic rings. The molecule has 6 N–H and O–H groups in total. The van der Waals surface area contributed by atoms with Crippen LogP contribution in [0.2, 0.25) is 0 Å². The van der Waals surface area contributed by atoms with Gasteiger partial charge >= 0.3 is 0 Å². The molecule has 0 aromatic heterocycles. The van der Waals surface area contributed by atoms with Crippen molar-refractivity contribution in [2.24, 2.45) is 11.5 Å². The lowest BCUT2D eigenvalue weighted by Crippen LogP contribution is -2.22. The van der Waals surface area contributed by atoms with Crippen LogP contribution in [0.15, 0.2) is 18.2 Å². The number of amides is 2. The van der Waals surface area contributed by atoms with E-state index in [1.165, 1.54) is 6.07 Å². The maximum atomic E-state index is 11.3. The number of rotatable bonds is 4. The molecule has 0 radical (unpaired) electrons. The molecule has 0 bridgehead atoms. The van der Waals surface area contributed by atoms with E-state index in [2.05, 4.69) is 10.6 Å². The van der Waals surface area contributed by atoms with Crippen LogP contribution < -0.4 is 22.1 Å². The maximum Gasteiger partial charge on any atom is 0.248 e. The number of hydrogen-bond acceptors (Lipinski definition) is 4. The molecule has 20 heavy (non-hydrogen) atoms. The summed E-state index contributed by atoms with van der Waals surface area (Å²) in [5, 5.41) is 6.69. The van der Waals surface area contributed by atoms with Crippen molar-refractivity contribution in [3.8, 4) is 0 Å². The number of nitrogens with one attached hydrogen (secondary N) is 2. The standard InChI is InChI=1S/C14H20N4O2/c15-13(19)9-6-10(14(16)20)8-12(7-9)18-11-2-1-4-17-5-3-11/h6-8,11,17-18H,1-5H2,(H2,15,19)(H2,16,20). The molecule has 1 aliphatic rings. The molecule has 1 heterocycles. The minimum atomic E-state index is -0.571. The summed E-state index contributed by atoms with van der Waals surface area (Å²) in [6.45, 7) is 1.97. The van der Waals surface area contributed by atoms with Gasteiger partial charge in [-0.1, -0.05) is 0 Å². The molecule has 1 atom stereocenters. The lowest BCUT2D eigenvalue weighted by atomic mass is 10.1. The number of anilines is 1. The molecule has 0 saturated carbocycles. The molecule has 0 aliphatic carbocycles. The Morgan fingerprint density at radius 2 is 1.70 bits per heavy atom. The third-order valence-corrected chi connectivity index (χ3v) is 3.45.